The number of carbonyl (C=O) groups excluding carboxylic acids is 1. The van der Waals surface area contributed by atoms with Crippen LogP contribution in [0.15, 0.2) is 30.3 Å². The summed E-state index contributed by atoms with van der Waals surface area (Å²) in [6, 6.07) is 7.22. The van der Waals surface area contributed by atoms with Crippen molar-refractivity contribution in [2.24, 2.45) is 0 Å². The molecule has 0 bridgehead atoms. The van der Waals surface area contributed by atoms with Crippen molar-refractivity contribution in [1.29, 1.82) is 0 Å². The van der Waals surface area contributed by atoms with Gasteiger partial charge >= 0.3 is 11.4 Å². The van der Waals surface area contributed by atoms with Gasteiger partial charge in [-0.1, -0.05) is 23.7 Å². The molecule has 0 saturated carbocycles. The maximum absolute atomic E-state index is 12.0. The first-order chi connectivity index (χ1) is 8.49. The molecule has 0 aromatic heterocycles. The summed E-state index contributed by atoms with van der Waals surface area (Å²) in [5.41, 5.74) is 0.435. The second-order valence-electron chi connectivity index (χ2n) is 4.57. The first-order valence-corrected chi connectivity index (χ1v) is 6.06. The number of hydrogen-bond acceptors (Lipinski definition) is 1. The molecule has 1 aliphatic carbocycles. The van der Waals surface area contributed by atoms with Gasteiger partial charge in [-0.25, -0.2) is 6.57 Å². The SMILES string of the molecule is [C-]#[N+][C@@]1(C(=O)NC(C)C)C=C1c1cccc(Cl)c1. The molecule has 1 aliphatic rings. The van der Waals surface area contributed by atoms with Crippen molar-refractivity contribution < 1.29 is 4.79 Å². The van der Waals surface area contributed by atoms with Crippen LogP contribution >= 0.6 is 11.6 Å². The van der Waals surface area contributed by atoms with E-state index in [0.717, 1.165) is 11.1 Å². The average molecular weight is 261 g/mol. The normalized spacial score (nSPS) is 21.2. The van der Waals surface area contributed by atoms with E-state index in [2.05, 4.69) is 10.2 Å². The maximum atomic E-state index is 12.0. The van der Waals surface area contributed by atoms with Gasteiger partial charge < -0.3 is 5.32 Å². The fourth-order valence-electron chi connectivity index (χ4n) is 1.84. The van der Waals surface area contributed by atoms with Crippen LogP contribution in [0.2, 0.25) is 5.02 Å². The van der Waals surface area contributed by atoms with E-state index >= 15 is 0 Å². The Kier molecular flexibility index (Phi) is 3.14. The van der Waals surface area contributed by atoms with Gasteiger partial charge in [-0.2, -0.15) is 0 Å². The molecule has 92 valence electrons. The Morgan fingerprint density at radius 1 is 1.50 bits per heavy atom. The highest BCUT2D eigenvalue weighted by atomic mass is 35.5. The van der Waals surface area contributed by atoms with Crippen LogP contribution in [-0.2, 0) is 4.79 Å². The van der Waals surface area contributed by atoms with Crippen LogP contribution in [0, 0.1) is 6.57 Å². The zero-order valence-corrected chi connectivity index (χ0v) is 11.0. The molecule has 0 heterocycles. The molecule has 0 spiro atoms. The van der Waals surface area contributed by atoms with Crippen molar-refractivity contribution in [3.8, 4) is 0 Å². The van der Waals surface area contributed by atoms with Crippen LogP contribution in [0.4, 0.5) is 0 Å². The Bertz CT molecular complexity index is 571. The van der Waals surface area contributed by atoms with E-state index in [0.29, 0.717) is 5.02 Å². The quantitative estimate of drug-likeness (QED) is 0.833. The van der Waals surface area contributed by atoms with Crippen LogP contribution in [0.25, 0.3) is 10.4 Å². The van der Waals surface area contributed by atoms with E-state index in [4.69, 9.17) is 18.2 Å². The number of rotatable bonds is 3. The lowest BCUT2D eigenvalue weighted by Crippen LogP contribution is -2.40. The third kappa shape index (κ3) is 2.12. The molecule has 0 radical (unpaired) electrons. The van der Waals surface area contributed by atoms with Crippen molar-refractivity contribution in [1.82, 2.24) is 5.32 Å². The third-order valence-corrected chi connectivity index (χ3v) is 2.99. The number of nitrogens with one attached hydrogen (secondary N) is 1. The van der Waals surface area contributed by atoms with E-state index in [1.807, 2.05) is 26.0 Å². The van der Waals surface area contributed by atoms with E-state index in [1.165, 1.54) is 0 Å². The standard InChI is InChI=1S/C14H13ClN2O/c1-9(2)17-13(18)14(16-3)8-12(14)10-5-4-6-11(15)7-10/h4-9H,1-2H3,(H,17,18)/t14-/m0/s1. The smallest absolute Gasteiger partial charge is 0.346 e. The molecule has 0 unspecified atom stereocenters. The number of benzene rings is 1. The van der Waals surface area contributed by atoms with Gasteiger partial charge in [0.1, 0.15) is 0 Å². The lowest BCUT2D eigenvalue weighted by Gasteiger charge is -2.10. The molecule has 0 saturated heterocycles. The predicted molar refractivity (Wildman–Crippen MR) is 72.0 cm³/mol. The molecule has 1 aromatic carbocycles. The lowest BCUT2D eigenvalue weighted by atomic mass is 10.0. The van der Waals surface area contributed by atoms with Crippen molar-refractivity contribution >= 4 is 23.1 Å². The Morgan fingerprint density at radius 2 is 2.22 bits per heavy atom. The summed E-state index contributed by atoms with van der Waals surface area (Å²) >= 11 is 5.91. The third-order valence-electron chi connectivity index (χ3n) is 2.76. The Morgan fingerprint density at radius 3 is 2.78 bits per heavy atom. The van der Waals surface area contributed by atoms with Gasteiger partial charge in [0.05, 0.1) is 5.57 Å². The minimum atomic E-state index is -1.13. The summed E-state index contributed by atoms with van der Waals surface area (Å²) in [6.45, 7) is 11.0. The van der Waals surface area contributed by atoms with E-state index < -0.39 is 5.54 Å². The number of halogens is 1. The van der Waals surface area contributed by atoms with Crippen LogP contribution in [0.1, 0.15) is 19.4 Å². The number of nitrogens with zero attached hydrogens (tertiary/aromatic N) is 1. The van der Waals surface area contributed by atoms with Gasteiger partial charge in [0.25, 0.3) is 0 Å². The van der Waals surface area contributed by atoms with Gasteiger partial charge in [-0.3, -0.25) is 9.64 Å². The molecule has 3 nitrogen and oxygen atoms in total. The monoisotopic (exact) mass is 260 g/mol. The van der Waals surface area contributed by atoms with E-state index in [-0.39, 0.29) is 11.9 Å². The second-order valence-corrected chi connectivity index (χ2v) is 5.01. The Balaban J connectivity index is 2.22. The average Bonchev–Trinajstić information content (AvgIpc) is 3.04. The van der Waals surface area contributed by atoms with Crippen LogP contribution < -0.4 is 5.32 Å². The van der Waals surface area contributed by atoms with Gasteiger partial charge in [-0.05, 0) is 31.5 Å². The van der Waals surface area contributed by atoms with Crippen molar-refractivity contribution in [3.05, 3.63) is 52.3 Å². The number of amides is 1. The fraction of sp³-hybridized carbons (Fsp3) is 0.286. The van der Waals surface area contributed by atoms with Crippen molar-refractivity contribution in [2.45, 2.75) is 25.4 Å². The minimum absolute atomic E-state index is 0.0192. The molecular weight excluding hydrogens is 248 g/mol. The van der Waals surface area contributed by atoms with Gasteiger partial charge in [0.2, 0.25) is 0 Å². The van der Waals surface area contributed by atoms with Crippen molar-refractivity contribution in [2.75, 3.05) is 0 Å². The van der Waals surface area contributed by atoms with Crippen molar-refractivity contribution in [3.63, 3.8) is 0 Å². The van der Waals surface area contributed by atoms with Crippen LogP contribution in [0.5, 0.6) is 0 Å². The minimum Gasteiger partial charge on any atom is -0.346 e. The second kappa shape index (κ2) is 4.47. The van der Waals surface area contributed by atoms with Crippen LogP contribution in [-0.4, -0.2) is 17.5 Å². The molecule has 2 rings (SSSR count). The molecule has 4 heteroatoms. The number of carbonyl (C=O) groups is 1. The molecule has 1 aromatic rings. The Hall–Kier alpha value is -1.79. The fourth-order valence-corrected chi connectivity index (χ4v) is 2.03. The summed E-state index contributed by atoms with van der Waals surface area (Å²) in [7, 11) is 0. The maximum Gasteiger partial charge on any atom is 0.353 e. The highest BCUT2D eigenvalue weighted by Crippen LogP contribution is 2.46. The molecule has 1 amide bonds. The van der Waals surface area contributed by atoms with Gasteiger partial charge in [-0.15, -0.1) is 0 Å². The zero-order valence-electron chi connectivity index (χ0n) is 10.2. The van der Waals surface area contributed by atoms with Gasteiger partial charge in [0.15, 0.2) is 0 Å². The lowest BCUT2D eigenvalue weighted by molar-refractivity contribution is -0.122. The summed E-state index contributed by atoms with van der Waals surface area (Å²) < 4.78 is 0. The molecule has 1 N–H and O–H groups in total. The summed E-state index contributed by atoms with van der Waals surface area (Å²) in [5, 5.41) is 3.37. The van der Waals surface area contributed by atoms with Gasteiger partial charge in [0, 0.05) is 17.1 Å². The molecule has 0 aliphatic heterocycles. The van der Waals surface area contributed by atoms with Crippen LogP contribution in [0.3, 0.4) is 0 Å². The predicted octanol–water partition coefficient (Wildman–Crippen LogP) is 2.92. The van der Waals surface area contributed by atoms with E-state index in [9.17, 15) is 4.79 Å². The number of hydrogen-bond donors (Lipinski definition) is 1. The topological polar surface area (TPSA) is 33.5 Å². The van der Waals surface area contributed by atoms with E-state index in [1.54, 1.807) is 18.2 Å². The zero-order chi connectivity index (χ0) is 13.3. The largest absolute Gasteiger partial charge is 0.353 e. The summed E-state index contributed by atoms with van der Waals surface area (Å²) in [4.78, 5) is 15.5. The summed E-state index contributed by atoms with van der Waals surface area (Å²) in [5.74, 6) is -0.262. The first kappa shape index (κ1) is 12.7. The highest BCUT2D eigenvalue weighted by Gasteiger charge is 2.59. The highest BCUT2D eigenvalue weighted by molar-refractivity contribution is 6.31. The summed E-state index contributed by atoms with van der Waals surface area (Å²) in [6.07, 6.45) is 1.68. The molecular formula is C14H13ClN2O. The first-order valence-electron chi connectivity index (χ1n) is 5.68. The molecule has 18 heavy (non-hydrogen) atoms. The Labute approximate surface area is 111 Å². The molecule has 0 fully saturated rings. The molecule has 1 atom stereocenters.